The number of esters is 1. The summed E-state index contributed by atoms with van der Waals surface area (Å²) in [5.41, 5.74) is -1.02. The van der Waals surface area contributed by atoms with Crippen LogP contribution in [-0.2, 0) is 19.1 Å². The van der Waals surface area contributed by atoms with Crippen LogP contribution in [0.4, 0.5) is 0 Å². The van der Waals surface area contributed by atoms with Gasteiger partial charge in [0.15, 0.2) is 0 Å². The Morgan fingerprint density at radius 1 is 1.33 bits per heavy atom. The highest BCUT2D eigenvalue weighted by Gasteiger charge is 2.71. The van der Waals surface area contributed by atoms with Gasteiger partial charge in [-0.05, 0) is 25.3 Å². The molecule has 0 bridgehead atoms. The first kappa shape index (κ1) is 17.1. The minimum atomic E-state index is -1.02. The molecule has 1 aromatic heterocycles. The second kappa shape index (κ2) is 6.29. The van der Waals surface area contributed by atoms with Gasteiger partial charge in [-0.25, -0.2) is 4.79 Å². The van der Waals surface area contributed by atoms with Gasteiger partial charge >= 0.3 is 5.97 Å². The van der Waals surface area contributed by atoms with Gasteiger partial charge in [0, 0.05) is 13.0 Å². The van der Waals surface area contributed by atoms with E-state index in [9.17, 15) is 14.4 Å². The predicted octanol–water partition coefficient (Wildman–Crippen LogP) is 0.699. The molecule has 1 aromatic rings. The lowest BCUT2D eigenvalue weighted by molar-refractivity contribution is -0.734. The Labute approximate surface area is 145 Å². The first-order chi connectivity index (χ1) is 11.5. The monoisotopic (exact) mass is 351 g/mol. The standard InChI is InChI=1S/C17H22N2O4S/c1-4-17(16(22)23-6-3)12-11(14(20)19(5-2)15(12)21)13(18-17)10-8-7-9-24-10/h7-9,11-13,18H,4-6H2,1-3H3/p+1/t11-,12+,13-,17-/m0/s1. The molecule has 0 aliphatic carbocycles. The van der Waals surface area contributed by atoms with Gasteiger partial charge in [-0.15, -0.1) is 11.3 Å². The summed E-state index contributed by atoms with van der Waals surface area (Å²) in [5.74, 6) is -1.94. The van der Waals surface area contributed by atoms with E-state index in [1.54, 1.807) is 25.2 Å². The van der Waals surface area contributed by atoms with E-state index in [2.05, 4.69) is 0 Å². The van der Waals surface area contributed by atoms with Gasteiger partial charge in [0.05, 0.1) is 11.5 Å². The fourth-order valence-electron chi connectivity index (χ4n) is 4.18. The van der Waals surface area contributed by atoms with E-state index in [0.29, 0.717) is 13.0 Å². The molecule has 2 aliphatic heterocycles. The number of carbonyl (C=O) groups excluding carboxylic acids is 3. The fraction of sp³-hybridized carbons (Fsp3) is 0.588. The highest BCUT2D eigenvalue weighted by Crippen LogP contribution is 2.46. The van der Waals surface area contributed by atoms with E-state index in [4.69, 9.17) is 4.74 Å². The van der Waals surface area contributed by atoms with Crippen LogP contribution in [0.1, 0.15) is 38.1 Å². The molecule has 3 heterocycles. The molecular formula is C17H23N2O4S+. The van der Waals surface area contributed by atoms with Crippen molar-refractivity contribution < 1.29 is 24.4 Å². The average molecular weight is 351 g/mol. The molecular weight excluding hydrogens is 328 g/mol. The summed E-state index contributed by atoms with van der Waals surface area (Å²) < 4.78 is 5.30. The van der Waals surface area contributed by atoms with E-state index < -0.39 is 17.4 Å². The maximum atomic E-state index is 12.9. The van der Waals surface area contributed by atoms with Gasteiger partial charge in [0.2, 0.25) is 17.4 Å². The van der Waals surface area contributed by atoms with Crippen molar-refractivity contribution in [3.05, 3.63) is 22.4 Å². The molecule has 2 saturated heterocycles. The SMILES string of the molecule is CCOC(=O)[C@@]1(CC)[NH2+][C@@H](c2cccs2)[C@H]2C(=O)N(CC)C(=O)[C@@H]21. The van der Waals surface area contributed by atoms with Crippen molar-refractivity contribution in [1.82, 2.24) is 4.90 Å². The summed E-state index contributed by atoms with van der Waals surface area (Å²) in [6, 6.07) is 3.68. The van der Waals surface area contributed by atoms with Crippen LogP contribution in [0.5, 0.6) is 0 Å². The number of hydrogen-bond acceptors (Lipinski definition) is 5. The zero-order valence-corrected chi connectivity index (χ0v) is 15.0. The molecule has 0 saturated carbocycles. The normalized spacial score (nSPS) is 32.3. The fourth-order valence-corrected chi connectivity index (χ4v) is 5.02. The van der Waals surface area contributed by atoms with Crippen LogP contribution in [0, 0.1) is 11.8 Å². The second-order valence-electron chi connectivity index (χ2n) is 6.25. The Hall–Kier alpha value is -1.73. The number of carbonyl (C=O) groups is 3. The number of rotatable bonds is 5. The predicted molar refractivity (Wildman–Crippen MR) is 88.0 cm³/mol. The number of hydrogen-bond donors (Lipinski definition) is 1. The van der Waals surface area contributed by atoms with E-state index in [0.717, 1.165) is 4.88 Å². The zero-order chi connectivity index (χ0) is 17.5. The van der Waals surface area contributed by atoms with Crippen molar-refractivity contribution in [1.29, 1.82) is 0 Å². The molecule has 24 heavy (non-hydrogen) atoms. The van der Waals surface area contributed by atoms with Crippen LogP contribution in [0.3, 0.4) is 0 Å². The van der Waals surface area contributed by atoms with E-state index in [1.165, 1.54) is 4.90 Å². The number of imide groups is 1. The lowest BCUT2D eigenvalue weighted by Crippen LogP contribution is -2.98. The Kier molecular flexibility index (Phi) is 4.48. The minimum Gasteiger partial charge on any atom is -0.461 e. The van der Waals surface area contributed by atoms with Gasteiger partial charge in [-0.1, -0.05) is 13.0 Å². The summed E-state index contributed by atoms with van der Waals surface area (Å²) in [6.07, 6.45) is 0.450. The molecule has 4 atom stereocenters. The topological polar surface area (TPSA) is 80.3 Å². The molecule has 7 heteroatoms. The summed E-state index contributed by atoms with van der Waals surface area (Å²) in [7, 11) is 0. The third-order valence-corrected chi connectivity index (χ3v) is 6.26. The van der Waals surface area contributed by atoms with E-state index in [1.807, 2.05) is 29.8 Å². The maximum Gasteiger partial charge on any atom is 0.368 e. The van der Waals surface area contributed by atoms with Crippen molar-refractivity contribution in [2.24, 2.45) is 11.8 Å². The Balaban J connectivity index is 2.10. The van der Waals surface area contributed by atoms with Crippen molar-refractivity contribution in [2.45, 2.75) is 38.8 Å². The lowest BCUT2D eigenvalue weighted by Gasteiger charge is -2.28. The molecule has 0 aromatic carbocycles. The first-order valence-electron chi connectivity index (χ1n) is 8.43. The lowest BCUT2D eigenvalue weighted by atomic mass is 9.78. The summed E-state index contributed by atoms with van der Waals surface area (Å²) in [5, 5.41) is 3.86. The third-order valence-electron chi connectivity index (χ3n) is 5.29. The van der Waals surface area contributed by atoms with Crippen molar-refractivity contribution >= 4 is 29.1 Å². The molecule has 2 fully saturated rings. The van der Waals surface area contributed by atoms with Gasteiger partial charge in [-0.2, -0.15) is 0 Å². The van der Waals surface area contributed by atoms with Crippen LogP contribution in [0.15, 0.2) is 17.5 Å². The molecule has 3 rings (SSSR count). The van der Waals surface area contributed by atoms with E-state index >= 15 is 0 Å². The highest BCUT2D eigenvalue weighted by atomic mass is 32.1. The number of likely N-dealkylation sites (tertiary alicyclic amines) is 1. The molecule has 0 spiro atoms. The van der Waals surface area contributed by atoms with Crippen LogP contribution in [0.25, 0.3) is 0 Å². The molecule has 0 unspecified atom stereocenters. The van der Waals surface area contributed by atoms with Crippen LogP contribution < -0.4 is 5.32 Å². The second-order valence-corrected chi connectivity index (χ2v) is 7.23. The number of thiophene rings is 1. The van der Waals surface area contributed by atoms with Gasteiger partial charge < -0.3 is 10.1 Å². The highest BCUT2D eigenvalue weighted by molar-refractivity contribution is 7.10. The molecule has 0 radical (unpaired) electrons. The van der Waals surface area contributed by atoms with Gasteiger partial charge in [-0.3, -0.25) is 14.5 Å². The molecule has 2 amide bonds. The minimum absolute atomic E-state index is 0.165. The smallest absolute Gasteiger partial charge is 0.368 e. The molecule has 6 nitrogen and oxygen atoms in total. The quantitative estimate of drug-likeness (QED) is 0.625. The van der Waals surface area contributed by atoms with E-state index in [-0.39, 0.29) is 30.4 Å². The zero-order valence-electron chi connectivity index (χ0n) is 14.2. The van der Waals surface area contributed by atoms with Crippen LogP contribution >= 0.6 is 11.3 Å². The van der Waals surface area contributed by atoms with Crippen LogP contribution in [0.2, 0.25) is 0 Å². The van der Waals surface area contributed by atoms with Crippen LogP contribution in [-0.4, -0.2) is 41.4 Å². The third kappa shape index (κ3) is 2.22. The number of amides is 2. The Bertz CT molecular complexity index is 660. The number of ether oxygens (including phenoxy) is 1. The van der Waals surface area contributed by atoms with Gasteiger partial charge in [0.25, 0.3) is 0 Å². The molecule has 130 valence electrons. The first-order valence-corrected chi connectivity index (χ1v) is 9.31. The number of nitrogens with two attached hydrogens (primary N) is 1. The summed E-state index contributed by atoms with van der Waals surface area (Å²) in [4.78, 5) is 40.9. The summed E-state index contributed by atoms with van der Waals surface area (Å²) in [6.45, 7) is 6.02. The van der Waals surface area contributed by atoms with Gasteiger partial charge in [0.1, 0.15) is 17.9 Å². The number of quaternary nitrogens is 1. The Morgan fingerprint density at radius 2 is 2.08 bits per heavy atom. The average Bonchev–Trinajstić information content (AvgIpc) is 3.25. The molecule has 2 N–H and O–H groups in total. The number of fused-ring (bicyclic) bond motifs is 1. The largest absolute Gasteiger partial charge is 0.461 e. The number of nitrogens with zero attached hydrogens (tertiary/aromatic N) is 1. The molecule has 2 aliphatic rings. The van der Waals surface area contributed by atoms with Crippen molar-refractivity contribution in [3.8, 4) is 0 Å². The summed E-state index contributed by atoms with van der Waals surface area (Å²) >= 11 is 1.55. The maximum absolute atomic E-state index is 12.9. The van der Waals surface area contributed by atoms with Crippen molar-refractivity contribution in [3.63, 3.8) is 0 Å². The van der Waals surface area contributed by atoms with Crippen molar-refractivity contribution in [2.75, 3.05) is 13.2 Å². The Morgan fingerprint density at radius 3 is 2.62 bits per heavy atom.